The Hall–Kier alpha value is -0.0800. The van der Waals surface area contributed by atoms with Crippen LogP contribution in [0.2, 0.25) is 0 Å². The van der Waals surface area contributed by atoms with Crippen molar-refractivity contribution in [3.63, 3.8) is 0 Å². The molecule has 0 aromatic heterocycles. The molecule has 0 aromatic carbocycles. The van der Waals surface area contributed by atoms with Crippen LogP contribution in [-0.2, 0) is 0 Å². The molecule has 84 valence electrons. The van der Waals surface area contributed by atoms with Crippen LogP contribution < -0.4 is 5.73 Å². The van der Waals surface area contributed by atoms with Gasteiger partial charge >= 0.3 is 0 Å². The van der Waals surface area contributed by atoms with E-state index in [1.807, 2.05) is 0 Å². The minimum absolute atomic E-state index is 0.484. The second-order valence-electron chi connectivity index (χ2n) is 5.66. The molecule has 0 aromatic rings. The third kappa shape index (κ3) is 2.71. The standard InChI is InChI=1S/C12H26N2/c1-5-11(6-7-13)14-8-10(9-14)12(2,3)4/h10-11H,5-9,13H2,1-4H3. The molecule has 1 saturated heterocycles. The Labute approximate surface area is 88.8 Å². The molecule has 2 heteroatoms. The lowest BCUT2D eigenvalue weighted by Crippen LogP contribution is -2.56. The van der Waals surface area contributed by atoms with Gasteiger partial charge in [0.25, 0.3) is 0 Å². The molecule has 0 aliphatic carbocycles. The molecule has 1 rings (SSSR count). The van der Waals surface area contributed by atoms with E-state index < -0.39 is 0 Å². The van der Waals surface area contributed by atoms with E-state index in [-0.39, 0.29) is 0 Å². The van der Waals surface area contributed by atoms with E-state index in [1.165, 1.54) is 19.5 Å². The quantitative estimate of drug-likeness (QED) is 0.749. The summed E-state index contributed by atoms with van der Waals surface area (Å²) in [6.45, 7) is 12.7. The average molecular weight is 198 g/mol. The van der Waals surface area contributed by atoms with Crippen molar-refractivity contribution in [2.24, 2.45) is 17.1 Å². The van der Waals surface area contributed by atoms with Crippen LogP contribution in [0.4, 0.5) is 0 Å². The summed E-state index contributed by atoms with van der Waals surface area (Å²) in [6.07, 6.45) is 2.40. The maximum atomic E-state index is 5.62. The number of hydrogen-bond acceptors (Lipinski definition) is 2. The Bertz CT molecular complexity index is 166. The topological polar surface area (TPSA) is 29.3 Å². The van der Waals surface area contributed by atoms with Crippen LogP contribution in [0.5, 0.6) is 0 Å². The molecule has 1 aliphatic heterocycles. The van der Waals surface area contributed by atoms with Crippen molar-refractivity contribution in [3.8, 4) is 0 Å². The highest BCUT2D eigenvalue weighted by atomic mass is 15.2. The predicted octanol–water partition coefficient (Wildman–Crippen LogP) is 2.09. The summed E-state index contributed by atoms with van der Waals surface area (Å²) in [5.74, 6) is 0.884. The normalized spacial score (nSPS) is 22.1. The maximum absolute atomic E-state index is 5.62. The highest BCUT2D eigenvalue weighted by Crippen LogP contribution is 2.35. The van der Waals surface area contributed by atoms with Gasteiger partial charge in [0, 0.05) is 19.1 Å². The first kappa shape index (κ1) is 12.0. The molecular weight excluding hydrogens is 172 g/mol. The zero-order chi connectivity index (χ0) is 10.8. The molecule has 1 heterocycles. The summed E-state index contributed by atoms with van der Waals surface area (Å²) in [7, 11) is 0. The molecule has 0 saturated carbocycles. The lowest BCUT2D eigenvalue weighted by atomic mass is 9.75. The minimum Gasteiger partial charge on any atom is -0.330 e. The van der Waals surface area contributed by atoms with E-state index in [2.05, 4.69) is 32.6 Å². The summed E-state index contributed by atoms with van der Waals surface area (Å²) >= 11 is 0. The van der Waals surface area contributed by atoms with Gasteiger partial charge in [-0.15, -0.1) is 0 Å². The van der Waals surface area contributed by atoms with Gasteiger partial charge in [-0.2, -0.15) is 0 Å². The summed E-state index contributed by atoms with van der Waals surface area (Å²) < 4.78 is 0. The lowest BCUT2D eigenvalue weighted by molar-refractivity contribution is -0.00984. The molecule has 1 atom stereocenters. The van der Waals surface area contributed by atoms with Crippen molar-refractivity contribution in [3.05, 3.63) is 0 Å². The number of likely N-dealkylation sites (tertiary alicyclic amines) is 1. The third-order valence-corrected chi connectivity index (χ3v) is 3.62. The number of nitrogens with zero attached hydrogens (tertiary/aromatic N) is 1. The van der Waals surface area contributed by atoms with Crippen LogP contribution in [0.3, 0.4) is 0 Å². The second-order valence-corrected chi connectivity index (χ2v) is 5.66. The van der Waals surface area contributed by atoms with Crippen molar-refractivity contribution < 1.29 is 0 Å². The fourth-order valence-corrected chi connectivity index (χ4v) is 2.20. The van der Waals surface area contributed by atoms with Gasteiger partial charge in [0.2, 0.25) is 0 Å². The molecule has 2 N–H and O–H groups in total. The van der Waals surface area contributed by atoms with Gasteiger partial charge in [0.05, 0.1) is 0 Å². The van der Waals surface area contributed by atoms with E-state index in [0.29, 0.717) is 5.41 Å². The third-order valence-electron chi connectivity index (χ3n) is 3.62. The smallest absolute Gasteiger partial charge is 0.0105 e. The van der Waals surface area contributed by atoms with Gasteiger partial charge in [-0.1, -0.05) is 27.7 Å². The second kappa shape index (κ2) is 4.63. The van der Waals surface area contributed by atoms with Crippen LogP contribution in [0.15, 0.2) is 0 Å². The van der Waals surface area contributed by atoms with Crippen molar-refractivity contribution >= 4 is 0 Å². The molecule has 1 aliphatic rings. The first-order chi connectivity index (χ1) is 6.49. The van der Waals surface area contributed by atoms with Gasteiger partial charge < -0.3 is 5.73 Å². The van der Waals surface area contributed by atoms with Gasteiger partial charge in [-0.25, -0.2) is 0 Å². The first-order valence-corrected chi connectivity index (χ1v) is 5.93. The van der Waals surface area contributed by atoms with E-state index in [1.54, 1.807) is 0 Å². The molecule has 0 spiro atoms. The molecule has 1 fully saturated rings. The summed E-state index contributed by atoms with van der Waals surface area (Å²) in [5.41, 5.74) is 6.10. The Morgan fingerprint density at radius 1 is 1.36 bits per heavy atom. The van der Waals surface area contributed by atoms with Crippen molar-refractivity contribution in [2.75, 3.05) is 19.6 Å². The monoisotopic (exact) mass is 198 g/mol. The van der Waals surface area contributed by atoms with Crippen LogP contribution in [0, 0.1) is 11.3 Å². The van der Waals surface area contributed by atoms with Crippen molar-refractivity contribution in [1.29, 1.82) is 0 Å². The number of hydrogen-bond donors (Lipinski definition) is 1. The van der Waals surface area contributed by atoms with Crippen LogP contribution in [0.1, 0.15) is 40.5 Å². The number of rotatable bonds is 4. The summed E-state index contributed by atoms with van der Waals surface area (Å²) in [5, 5.41) is 0. The highest BCUT2D eigenvalue weighted by Gasteiger charge is 2.37. The molecule has 1 unspecified atom stereocenters. The Balaban J connectivity index is 2.32. The van der Waals surface area contributed by atoms with Gasteiger partial charge in [-0.05, 0) is 30.7 Å². The first-order valence-electron chi connectivity index (χ1n) is 5.93. The molecular formula is C12H26N2. The zero-order valence-corrected chi connectivity index (χ0v) is 10.2. The van der Waals surface area contributed by atoms with E-state index in [4.69, 9.17) is 5.73 Å². The van der Waals surface area contributed by atoms with Crippen molar-refractivity contribution in [1.82, 2.24) is 4.90 Å². The molecule has 0 radical (unpaired) electrons. The summed E-state index contributed by atoms with van der Waals surface area (Å²) in [4.78, 5) is 2.60. The fourth-order valence-electron chi connectivity index (χ4n) is 2.20. The highest BCUT2D eigenvalue weighted by molar-refractivity contribution is 4.91. The predicted molar refractivity (Wildman–Crippen MR) is 62.3 cm³/mol. The average Bonchev–Trinajstić information content (AvgIpc) is 1.97. The Morgan fingerprint density at radius 3 is 2.29 bits per heavy atom. The fraction of sp³-hybridized carbons (Fsp3) is 1.00. The van der Waals surface area contributed by atoms with Crippen LogP contribution in [0.25, 0.3) is 0 Å². The largest absolute Gasteiger partial charge is 0.330 e. The van der Waals surface area contributed by atoms with E-state index in [0.717, 1.165) is 24.9 Å². The molecule has 2 nitrogen and oxygen atoms in total. The maximum Gasteiger partial charge on any atom is 0.0105 e. The van der Waals surface area contributed by atoms with Gasteiger partial charge in [0.15, 0.2) is 0 Å². The molecule has 0 bridgehead atoms. The SMILES string of the molecule is CCC(CCN)N1CC(C(C)(C)C)C1. The number of nitrogens with two attached hydrogens (primary N) is 1. The van der Waals surface area contributed by atoms with Crippen LogP contribution >= 0.6 is 0 Å². The lowest BCUT2D eigenvalue weighted by Gasteiger charge is -2.49. The Morgan fingerprint density at radius 2 is 1.93 bits per heavy atom. The minimum atomic E-state index is 0.484. The zero-order valence-electron chi connectivity index (χ0n) is 10.2. The molecule has 14 heavy (non-hydrogen) atoms. The van der Waals surface area contributed by atoms with Gasteiger partial charge in [0.1, 0.15) is 0 Å². The van der Waals surface area contributed by atoms with Crippen LogP contribution in [-0.4, -0.2) is 30.6 Å². The van der Waals surface area contributed by atoms with Crippen molar-refractivity contribution in [2.45, 2.75) is 46.6 Å². The van der Waals surface area contributed by atoms with Gasteiger partial charge in [-0.3, -0.25) is 4.90 Å². The molecule has 0 amide bonds. The summed E-state index contributed by atoms with van der Waals surface area (Å²) in [6, 6.07) is 0.735. The Kier molecular flexibility index (Phi) is 3.96. The van der Waals surface area contributed by atoms with E-state index >= 15 is 0 Å². The van der Waals surface area contributed by atoms with E-state index in [9.17, 15) is 0 Å².